The highest BCUT2D eigenvalue weighted by atomic mass is 32.2. The molecular formula is C13H26N2OS. The van der Waals surface area contributed by atoms with Crippen LogP contribution in [0.5, 0.6) is 0 Å². The Morgan fingerprint density at radius 2 is 2.12 bits per heavy atom. The first-order valence-corrected chi connectivity index (χ1v) is 8.71. The molecule has 2 saturated heterocycles. The average Bonchev–Trinajstić information content (AvgIpc) is 2.35. The fourth-order valence-corrected chi connectivity index (χ4v) is 3.71. The molecule has 0 bridgehead atoms. The van der Waals surface area contributed by atoms with Gasteiger partial charge < -0.3 is 0 Å². The number of rotatable bonds is 4. The third-order valence-corrected chi connectivity index (χ3v) is 5.05. The highest BCUT2D eigenvalue weighted by Gasteiger charge is 2.33. The van der Waals surface area contributed by atoms with E-state index in [9.17, 15) is 4.21 Å². The minimum absolute atomic E-state index is 0.649. The zero-order chi connectivity index (χ0) is 12.3. The van der Waals surface area contributed by atoms with Crippen molar-refractivity contribution >= 4 is 10.8 Å². The minimum Gasteiger partial charge on any atom is -0.298 e. The molecule has 0 N–H and O–H groups in total. The Labute approximate surface area is 108 Å². The Bertz CT molecular complexity index is 272. The summed E-state index contributed by atoms with van der Waals surface area (Å²) in [6, 6.07) is 1.46. The van der Waals surface area contributed by atoms with Crippen molar-refractivity contribution < 1.29 is 4.21 Å². The number of hydrogen-bond donors (Lipinski definition) is 0. The SMILES string of the molecule is CCC1CN2CCCCC2CN1CCS(C)=O. The normalized spacial score (nSPS) is 33.3. The van der Waals surface area contributed by atoms with Gasteiger partial charge in [-0.3, -0.25) is 14.0 Å². The molecule has 0 aromatic rings. The van der Waals surface area contributed by atoms with E-state index < -0.39 is 10.8 Å². The third kappa shape index (κ3) is 3.52. The van der Waals surface area contributed by atoms with Gasteiger partial charge in [0.1, 0.15) is 0 Å². The second-order valence-electron chi connectivity index (χ2n) is 5.48. The lowest BCUT2D eigenvalue weighted by atomic mass is 9.96. The first kappa shape index (κ1) is 13.5. The minimum atomic E-state index is -0.649. The number of hydrogen-bond acceptors (Lipinski definition) is 3. The lowest BCUT2D eigenvalue weighted by molar-refractivity contribution is 0.0110. The van der Waals surface area contributed by atoms with Gasteiger partial charge in [-0.2, -0.15) is 0 Å². The summed E-state index contributed by atoms with van der Waals surface area (Å²) < 4.78 is 11.2. The first-order valence-electron chi connectivity index (χ1n) is 6.98. The molecule has 0 aromatic carbocycles. The van der Waals surface area contributed by atoms with E-state index in [-0.39, 0.29) is 0 Å². The molecular weight excluding hydrogens is 232 g/mol. The fraction of sp³-hybridized carbons (Fsp3) is 1.00. The fourth-order valence-electron chi connectivity index (χ4n) is 3.22. The zero-order valence-corrected chi connectivity index (χ0v) is 12.0. The molecule has 0 aromatic heterocycles. The topological polar surface area (TPSA) is 23.6 Å². The Balaban J connectivity index is 1.92. The van der Waals surface area contributed by atoms with Crippen LogP contribution in [0.15, 0.2) is 0 Å². The molecule has 0 amide bonds. The maximum absolute atomic E-state index is 11.2. The van der Waals surface area contributed by atoms with E-state index in [0.717, 1.165) is 18.3 Å². The van der Waals surface area contributed by atoms with Gasteiger partial charge in [-0.25, -0.2) is 0 Å². The van der Waals surface area contributed by atoms with Crippen molar-refractivity contribution in [3.05, 3.63) is 0 Å². The van der Waals surface area contributed by atoms with Crippen LogP contribution >= 0.6 is 0 Å². The largest absolute Gasteiger partial charge is 0.298 e. The van der Waals surface area contributed by atoms with Crippen molar-refractivity contribution in [1.82, 2.24) is 9.80 Å². The van der Waals surface area contributed by atoms with Crippen LogP contribution < -0.4 is 0 Å². The molecule has 0 radical (unpaired) electrons. The summed E-state index contributed by atoms with van der Waals surface area (Å²) in [6.45, 7) is 7.04. The summed E-state index contributed by atoms with van der Waals surface area (Å²) >= 11 is 0. The van der Waals surface area contributed by atoms with Crippen LogP contribution in [0.4, 0.5) is 0 Å². The molecule has 2 fully saturated rings. The maximum atomic E-state index is 11.2. The van der Waals surface area contributed by atoms with Crippen LogP contribution in [0.1, 0.15) is 32.6 Å². The summed E-state index contributed by atoms with van der Waals surface area (Å²) in [5, 5.41) is 0. The molecule has 17 heavy (non-hydrogen) atoms. The van der Waals surface area contributed by atoms with Crippen LogP contribution in [-0.4, -0.2) is 64.3 Å². The second-order valence-corrected chi connectivity index (χ2v) is 7.03. The van der Waals surface area contributed by atoms with Gasteiger partial charge in [-0.1, -0.05) is 13.3 Å². The number of piperazine rings is 1. The van der Waals surface area contributed by atoms with Gasteiger partial charge in [0, 0.05) is 54.5 Å². The van der Waals surface area contributed by atoms with E-state index in [1.807, 2.05) is 6.26 Å². The molecule has 3 unspecified atom stereocenters. The standard InChI is InChI=1S/C13H26N2OS/c1-3-12-10-14-7-5-4-6-13(14)11-15(12)8-9-17(2)16/h12-13H,3-11H2,1-2H3. The molecule has 2 heterocycles. The van der Waals surface area contributed by atoms with Crippen molar-refractivity contribution in [1.29, 1.82) is 0 Å². The van der Waals surface area contributed by atoms with Gasteiger partial charge >= 0.3 is 0 Å². The predicted octanol–water partition coefficient (Wildman–Crippen LogP) is 1.31. The van der Waals surface area contributed by atoms with E-state index in [4.69, 9.17) is 0 Å². The monoisotopic (exact) mass is 258 g/mol. The second kappa shape index (κ2) is 6.30. The van der Waals surface area contributed by atoms with Crippen LogP contribution in [0.25, 0.3) is 0 Å². The van der Waals surface area contributed by atoms with Crippen LogP contribution in [-0.2, 0) is 10.8 Å². The Morgan fingerprint density at radius 3 is 2.82 bits per heavy atom. The predicted molar refractivity (Wildman–Crippen MR) is 73.8 cm³/mol. The Hall–Kier alpha value is 0.0700. The van der Waals surface area contributed by atoms with Crippen LogP contribution in [0.2, 0.25) is 0 Å². The van der Waals surface area contributed by atoms with Crippen molar-refractivity contribution in [3.8, 4) is 0 Å². The lowest BCUT2D eigenvalue weighted by Crippen LogP contribution is -2.59. The molecule has 0 spiro atoms. The van der Waals surface area contributed by atoms with Gasteiger partial charge in [-0.15, -0.1) is 0 Å². The van der Waals surface area contributed by atoms with Gasteiger partial charge in [0.2, 0.25) is 0 Å². The summed E-state index contributed by atoms with van der Waals surface area (Å²) in [6.07, 6.45) is 7.18. The highest BCUT2D eigenvalue weighted by molar-refractivity contribution is 7.84. The Kier molecular flexibility index (Phi) is 5.00. The van der Waals surface area contributed by atoms with Gasteiger partial charge in [0.05, 0.1) is 0 Å². The quantitative estimate of drug-likeness (QED) is 0.760. The van der Waals surface area contributed by atoms with Crippen LogP contribution in [0, 0.1) is 0 Å². The summed E-state index contributed by atoms with van der Waals surface area (Å²) in [5.74, 6) is 0.837. The van der Waals surface area contributed by atoms with Crippen LogP contribution in [0.3, 0.4) is 0 Å². The first-order chi connectivity index (χ1) is 8.20. The van der Waals surface area contributed by atoms with E-state index in [0.29, 0.717) is 6.04 Å². The number of piperidine rings is 1. The summed E-state index contributed by atoms with van der Waals surface area (Å²) in [5.41, 5.74) is 0. The smallest absolute Gasteiger partial charge is 0.0359 e. The van der Waals surface area contributed by atoms with E-state index in [1.165, 1.54) is 45.3 Å². The molecule has 2 rings (SSSR count). The third-order valence-electron chi connectivity index (χ3n) is 4.29. The molecule has 4 heteroatoms. The summed E-state index contributed by atoms with van der Waals surface area (Å²) in [7, 11) is -0.649. The van der Waals surface area contributed by atoms with E-state index in [1.54, 1.807) is 0 Å². The molecule has 0 aliphatic carbocycles. The molecule has 3 nitrogen and oxygen atoms in total. The van der Waals surface area contributed by atoms with Crippen molar-refractivity contribution in [2.45, 2.75) is 44.7 Å². The lowest BCUT2D eigenvalue weighted by Gasteiger charge is -2.48. The van der Waals surface area contributed by atoms with Crippen molar-refractivity contribution in [2.75, 3.05) is 38.2 Å². The van der Waals surface area contributed by atoms with E-state index >= 15 is 0 Å². The number of fused-ring (bicyclic) bond motifs is 1. The summed E-state index contributed by atoms with van der Waals surface area (Å²) in [4.78, 5) is 5.28. The molecule has 3 atom stereocenters. The maximum Gasteiger partial charge on any atom is 0.0359 e. The molecule has 2 aliphatic rings. The average molecular weight is 258 g/mol. The van der Waals surface area contributed by atoms with Gasteiger partial charge in [-0.05, 0) is 25.8 Å². The number of nitrogens with zero attached hydrogens (tertiary/aromatic N) is 2. The highest BCUT2D eigenvalue weighted by Crippen LogP contribution is 2.24. The molecule has 0 saturated carbocycles. The molecule has 2 aliphatic heterocycles. The Morgan fingerprint density at radius 1 is 1.29 bits per heavy atom. The van der Waals surface area contributed by atoms with Crippen molar-refractivity contribution in [3.63, 3.8) is 0 Å². The van der Waals surface area contributed by atoms with Crippen molar-refractivity contribution in [2.24, 2.45) is 0 Å². The molecule has 100 valence electrons. The van der Waals surface area contributed by atoms with E-state index in [2.05, 4.69) is 16.7 Å². The van der Waals surface area contributed by atoms with Gasteiger partial charge in [0.25, 0.3) is 0 Å². The van der Waals surface area contributed by atoms with Gasteiger partial charge in [0.15, 0.2) is 0 Å². The zero-order valence-electron chi connectivity index (χ0n) is 11.2.